The van der Waals surface area contributed by atoms with Crippen LogP contribution in [-0.2, 0) is 6.42 Å². The van der Waals surface area contributed by atoms with E-state index in [4.69, 9.17) is 0 Å². The van der Waals surface area contributed by atoms with E-state index in [2.05, 4.69) is 4.98 Å². The molecule has 0 aliphatic carbocycles. The van der Waals surface area contributed by atoms with Crippen LogP contribution in [-0.4, -0.2) is 9.91 Å². The molecule has 0 saturated carbocycles. The number of nitro benzene ring substituents is 1. The van der Waals surface area contributed by atoms with Gasteiger partial charge in [0.15, 0.2) is 0 Å². The standard InChI is InChI=1S/C11H9N3O3/c15-13-7-3-6-12-11(13)8-9-4-1-2-5-10(9)14(16)17/h1-7H,8H2. The van der Waals surface area contributed by atoms with Crippen LogP contribution in [0.1, 0.15) is 11.4 Å². The second-order valence-electron chi connectivity index (χ2n) is 3.42. The van der Waals surface area contributed by atoms with Crippen molar-refractivity contribution in [2.45, 2.75) is 6.42 Å². The highest BCUT2D eigenvalue weighted by molar-refractivity contribution is 5.40. The molecule has 1 heterocycles. The molecule has 0 aliphatic heterocycles. The van der Waals surface area contributed by atoms with E-state index in [0.29, 0.717) is 10.3 Å². The number of para-hydroxylation sites is 1. The van der Waals surface area contributed by atoms with Crippen molar-refractivity contribution in [1.29, 1.82) is 0 Å². The van der Waals surface area contributed by atoms with Crippen molar-refractivity contribution in [2.24, 2.45) is 0 Å². The quantitative estimate of drug-likeness (QED) is 0.344. The lowest BCUT2D eigenvalue weighted by Gasteiger charge is -2.04. The van der Waals surface area contributed by atoms with E-state index < -0.39 is 4.92 Å². The molecular weight excluding hydrogens is 222 g/mol. The summed E-state index contributed by atoms with van der Waals surface area (Å²) in [4.78, 5) is 14.2. The van der Waals surface area contributed by atoms with Crippen LogP contribution >= 0.6 is 0 Å². The van der Waals surface area contributed by atoms with E-state index in [1.54, 1.807) is 18.2 Å². The highest BCUT2D eigenvalue weighted by Crippen LogP contribution is 2.19. The van der Waals surface area contributed by atoms with Gasteiger partial charge in [0.25, 0.3) is 5.69 Å². The van der Waals surface area contributed by atoms with E-state index in [1.807, 2.05) is 0 Å². The summed E-state index contributed by atoms with van der Waals surface area (Å²) in [6.45, 7) is 0. The topological polar surface area (TPSA) is 83.0 Å². The summed E-state index contributed by atoms with van der Waals surface area (Å²) < 4.78 is 0.608. The average Bonchev–Trinajstić information content (AvgIpc) is 2.32. The predicted molar refractivity (Wildman–Crippen MR) is 59.1 cm³/mol. The molecule has 0 atom stereocenters. The zero-order valence-electron chi connectivity index (χ0n) is 8.81. The van der Waals surface area contributed by atoms with E-state index in [9.17, 15) is 15.3 Å². The zero-order valence-corrected chi connectivity index (χ0v) is 8.81. The van der Waals surface area contributed by atoms with Crippen LogP contribution in [0.25, 0.3) is 0 Å². The summed E-state index contributed by atoms with van der Waals surface area (Å²) in [5.41, 5.74) is 0.471. The smallest absolute Gasteiger partial charge is 0.305 e. The molecule has 2 aromatic rings. The number of aromatic nitrogens is 2. The molecule has 0 amide bonds. The van der Waals surface area contributed by atoms with Gasteiger partial charge in [0, 0.05) is 17.7 Å². The molecule has 6 nitrogen and oxygen atoms in total. The summed E-state index contributed by atoms with van der Waals surface area (Å²) in [6.07, 6.45) is 2.94. The van der Waals surface area contributed by atoms with Gasteiger partial charge in [-0.25, -0.2) is 4.73 Å². The van der Waals surface area contributed by atoms with Crippen LogP contribution in [0, 0.1) is 15.3 Å². The minimum Gasteiger partial charge on any atom is -0.711 e. The Morgan fingerprint density at radius 1 is 1.29 bits per heavy atom. The highest BCUT2D eigenvalue weighted by atomic mass is 16.6. The number of rotatable bonds is 3. The fourth-order valence-electron chi connectivity index (χ4n) is 1.52. The molecule has 0 aliphatic rings. The molecular formula is C11H9N3O3. The van der Waals surface area contributed by atoms with Crippen molar-refractivity contribution in [3.05, 3.63) is 69.4 Å². The molecule has 1 aromatic heterocycles. The maximum atomic E-state index is 11.4. The normalized spacial score (nSPS) is 10.1. The summed E-state index contributed by atoms with van der Waals surface area (Å²) in [5.74, 6) is 0.238. The molecule has 0 saturated heterocycles. The first-order valence-corrected chi connectivity index (χ1v) is 4.94. The van der Waals surface area contributed by atoms with Gasteiger partial charge < -0.3 is 5.21 Å². The Morgan fingerprint density at radius 2 is 2.06 bits per heavy atom. The van der Waals surface area contributed by atoms with Crippen LogP contribution in [0.2, 0.25) is 0 Å². The van der Waals surface area contributed by atoms with E-state index in [1.165, 1.54) is 24.5 Å². The Balaban J connectivity index is 2.37. The molecule has 0 radical (unpaired) electrons. The fourth-order valence-corrected chi connectivity index (χ4v) is 1.52. The number of nitrogens with zero attached hydrogens (tertiary/aromatic N) is 3. The fraction of sp³-hybridized carbons (Fsp3) is 0.0909. The number of benzene rings is 1. The SMILES string of the molecule is O=[N+]([O-])c1ccccc1Cc1nccc[n+]1[O-]. The van der Waals surface area contributed by atoms with Gasteiger partial charge in [0.05, 0.1) is 17.5 Å². The Hall–Kier alpha value is -2.50. The second-order valence-corrected chi connectivity index (χ2v) is 3.42. The van der Waals surface area contributed by atoms with Gasteiger partial charge in [-0.05, 0) is 0 Å². The molecule has 86 valence electrons. The number of hydrogen-bond donors (Lipinski definition) is 0. The highest BCUT2D eigenvalue weighted by Gasteiger charge is 2.17. The molecule has 0 unspecified atom stereocenters. The Kier molecular flexibility index (Phi) is 2.95. The van der Waals surface area contributed by atoms with Gasteiger partial charge in [-0.15, -0.1) is 0 Å². The first-order chi connectivity index (χ1) is 8.18. The molecule has 2 rings (SSSR count). The van der Waals surface area contributed by atoms with Crippen LogP contribution in [0.3, 0.4) is 0 Å². The van der Waals surface area contributed by atoms with Crippen molar-refractivity contribution in [2.75, 3.05) is 0 Å². The molecule has 0 N–H and O–H groups in total. The third kappa shape index (κ3) is 2.36. The first-order valence-electron chi connectivity index (χ1n) is 4.94. The molecule has 1 aromatic carbocycles. The van der Waals surface area contributed by atoms with Gasteiger partial charge in [-0.1, -0.05) is 23.2 Å². The van der Waals surface area contributed by atoms with Crippen molar-refractivity contribution in [3.63, 3.8) is 0 Å². The van der Waals surface area contributed by atoms with Crippen LogP contribution in [0.4, 0.5) is 5.69 Å². The zero-order chi connectivity index (χ0) is 12.3. The first kappa shape index (κ1) is 11.0. The number of nitro groups is 1. The van der Waals surface area contributed by atoms with Crippen molar-refractivity contribution >= 4 is 5.69 Å². The number of hydrogen-bond acceptors (Lipinski definition) is 4. The molecule has 0 spiro atoms. The summed E-state index contributed by atoms with van der Waals surface area (Å²) in [6, 6.07) is 7.82. The van der Waals surface area contributed by atoms with Crippen LogP contribution in [0.5, 0.6) is 0 Å². The van der Waals surface area contributed by atoms with Crippen LogP contribution < -0.4 is 4.73 Å². The lowest BCUT2D eigenvalue weighted by atomic mass is 10.1. The Morgan fingerprint density at radius 3 is 2.76 bits per heavy atom. The van der Waals surface area contributed by atoms with Crippen molar-refractivity contribution in [1.82, 2.24) is 4.98 Å². The van der Waals surface area contributed by atoms with E-state index in [0.717, 1.165) is 0 Å². The minimum absolute atomic E-state index is 0.00171. The minimum atomic E-state index is -0.465. The van der Waals surface area contributed by atoms with E-state index >= 15 is 0 Å². The second kappa shape index (κ2) is 4.56. The van der Waals surface area contributed by atoms with Crippen LogP contribution in [0.15, 0.2) is 42.7 Å². The van der Waals surface area contributed by atoms with Crippen molar-refractivity contribution in [3.8, 4) is 0 Å². The molecule has 6 heteroatoms. The van der Waals surface area contributed by atoms with E-state index in [-0.39, 0.29) is 17.9 Å². The van der Waals surface area contributed by atoms with Gasteiger partial charge in [-0.2, -0.15) is 0 Å². The molecule has 0 fully saturated rings. The monoisotopic (exact) mass is 231 g/mol. The van der Waals surface area contributed by atoms with Gasteiger partial charge in [-0.3, -0.25) is 10.1 Å². The lowest BCUT2D eigenvalue weighted by molar-refractivity contribution is -0.617. The summed E-state index contributed by atoms with van der Waals surface area (Å²) in [7, 11) is 0. The maximum absolute atomic E-state index is 11.4. The maximum Gasteiger partial charge on any atom is 0.305 e. The molecule has 17 heavy (non-hydrogen) atoms. The Bertz CT molecular complexity index is 557. The lowest BCUT2D eigenvalue weighted by Crippen LogP contribution is -2.32. The average molecular weight is 231 g/mol. The third-order valence-corrected chi connectivity index (χ3v) is 2.32. The van der Waals surface area contributed by atoms with Crippen molar-refractivity contribution < 1.29 is 9.65 Å². The molecule has 0 bridgehead atoms. The Labute approximate surface area is 96.9 Å². The summed E-state index contributed by atoms with van der Waals surface area (Å²) in [5, 5.41) is 22.2. The van der Waals surface area contributed by atoms with Gasteiger partial charge in [0.1, 0.15) is 6.20 Å². The summed E-state index contributed by atoms with van der Waals surface area (Å²) >= 11 is 0. The predicted octanol–water partition coefficient (Wildman–Crippen LogP) is 1.21. The third-order valence-electron chi connectivity index (χ3n) is 2.32. The largest absolute Gasteiger partial charge is 0.711 e. The van der Waals surface area contributed by atoms with Gasteiger partial charge >= 0.3 is 5.82 Å². The van der Waals surface area contributed by atoms with Gasteiger partial charge in [0.2, 0.25) is 0 Å².